The van der Waals surface area contributed by atoms with Gasteiger partial charge in [-0.1, -0.05) is 182 Å². The van der Waals surface area contributed by atoms with E-state index in [0.29, 0.717) is 0 Å². The number of hydrogen-bond donors (Lipinski definition) is 0. The van der Waals surface area contributed by atoms with Crippen LogP contribution in [0.4, 0.5) is 42.9 Å². The fraction of sp³-hybridized carbons (Fsp3) is 0.0667. The number of para-hydroxylation sites is 2. The Morgan fingerprint density at radius 2 is 0.552 bits per heavy atom. The second-order valence-electron chi connectivity index (χ2n) is 25.6. The lowest BCUT2D eigenvalue weighted by atomic mass is 9.67. The fourth-order valence-corrected chi connectivity index (χ4v) is 15.7. The second kappa shape index (κ2) is 23.0. The molecule has 0 N–H and O–H groups in total. The van der Waals surface area contributed by atoms with Crippen molar-refractivity contribution < 1.29 is 18.3 Å². The molecule has 96 heavy (non-hydrogen) atoms. The summed E-state index contributed by atoms with van der Waals surface area (Å²) < 4.78 is 43.2. The third-order valence-electron chi connectivity index (χ3n) is 20.5. The number of ether oxygens (including phenoxy) is 2. The highest BCUT2D eigenvalue weighted by molar-refractivity contribution is 5.92. The Balaban J connectivity index is 0.698. The van der Waals surface area contributed by atoms with Crippen LogP contribution < -0.4 is 19.3 Å². The van der Waals surface area contributed by atoms with Gasteiger partial charge in [-0.25, -0.2) is 8.78 Å². The quantitative estimate of drug-likeness (QED) is 0.102. The van der Waals surface area contributed by atoms with Gasteiger partial charge in [0.05, 0.1) is 10.8 Å². The van der Waals surface area contributed by atoms with Crippen LogP contribution in [0.25, 0.3) is 33.4 Å². The van der Waals surface area contributed by atoms with Crippen molar-refractivity contribution in [1.29, 1.82) is 0 Å². The van der Waals surface area contributed by atoms with Gasteiger partial charge in [-0.3, -0.25) is 0 Å². The van der Waals surface area contributed by atoms with Crippen LogP contribution in [0.1, 0.15) is 66.8 Å². The minimum Gasteiger partial charge on any atom is -0.457 e. The molecule has 458 valence electrons. The Bertz CT molecular complexity index is 4960. The summed E-state index contributed by atoms with van der Waals surface area (Å²) in [5.74, 6) is 2.61. The van der Waals surface area contributed by atoms with Gasteiger partial charge in [0.15, 0.2) is 0 Å². The van der Waals surface area contributed by atoms with Crippen molar-refractivity contribution >= 4 is 34.1 Å². The SMILES string of the molecule is Fc1ccc(C2(c3ccc(Oc4ccc5c(c4)CC5)cc3)c3ccccc3-c3ccc(N(c4ccccc4)c4ccc(-c5ccc(N(c6ccccc6)c6ccc7c(c6)C(c6ccc(F)cc6)(c6ccc(Oc8ccc9c(c8)CC9)cc6)c6ccccc6-7)cc5)cc4)cc32)cc1. The topological polar surface area (TPSA) is 24.9 Å². The van der Waals surface area contributed by atoms with Crippen LogP contribution in [-0.4, -0.2) is 0 Å². The van der Waals surface area contributed by atoms with E-state index in [0.717, 1.165) is 161 Å². The first-order valence-electron chi connectivity index (χ1n) is 33.1. The molecule has 0 bridgehead atoms. The Morgan fingerprint density at radius 1 is 0.240 bits per heavy atom. The molecule has 2 unspecified atom stereocenters. The molecular weight excluding hydrogens is 1180 g/mol. The normalized spacial score (nSPS) is 15.7. The highest BCUT2D eigenvalue weighted by Gasteiger charge is 2.48. The summed E-state index contributed by atoms with van der Waals surface area (Å²) in [7, 11) is 0. The number of rotatable bonds is 15. The molecule has 4 aliphatic rings. The molecule has 0 saturated heterocycles. The van der Waals surface area contributed by atoms with Crippen LogP contribution in [0.5, 0.6) is 23.0 Å². The third-order valence-corrected chi connectivity index (χ3v) is 20.5. The molecule has 0 aliphatic heterocycles. The lowest BCUT2D eigenvalue weighted by molar-refractivity contribution is 0.480. The number of benzene rings is 14. The Kier molecular flexibility index (Phi) is 13.6. The van der Waals surface area contributed by atoms with Crippen LogP contribution in [0.2, 0.25) is 0 Å². The summed E-state index contributed by atoms with van der Waals surface area (Å²) in [5, 5.41) is 0. The minimum absolute atomic E-state index is 0.283. The fourth-order valence-electron chi connectivity index (χ4n) is 15.7. The molecule has 4 aliphatic carbocycles. The summed E-state index contributed by atoms with van der Waals surface area (Å²) in [6.07, 6.45) is 4.40. The molecule has 14 aromatic rings. The van der Waals surface area contributed by atoms with Crippen LogP contribution in [0.3, 0.4) is 0 Å². The molecular formula is C90H62F2N2O2. The van der Waals surface area contributed by atoms with Crippen LogP contribution in [-0.2, 0) is 36.5 Å². The highest BCUT2D eigenvalue weighted by atomic mass is 19.1. The summed E-state index contributed by atoms with van der Waals surface area (Å²) >= 11 is 0. The van der Waals surface area contributed by atoms with Gasteiger partial charge in [0.25, 0.3) is 0 Å². The molecule has 0 fully saturated rings. The smallest absolute Gasteiger partial charge is 0.127 e. The molecule has 0 radical (unpaired) electrons. The summed E-state index contributed by atoms with van der Waals surface area (Å²) in [6.45, 7) is 0. The van der Waals surface area contributed by atoms with Crippen molar-refractivity contribution in [3.8, 4) is 56.4 Å². The van der Waals surface area contributed by atoms with Crippen LogP contribution in [0, 0.1) is 11.6 Å². The molecule has 0 spiro atoms. The first kappa shape index (κ1) is 56.9. The van der Waals surface area contributed by atoms with E-state index in [1.807, 2.05) is 24.3 Å². The van der Waals surface area contributed by atoms with E-state index >= 15 is 8.78 Å². The minimum atomic E-state index is -0.800. The van der Waals surface area contributed by atoms with Crippen molar-refractivity contribution in [3.05, 3.63) is 406 Å². The van der Waals surface area contributed by atoms with Crippen LogP contribution >= 0.6 is 0 Å². The summed E-state index contributed by atoms with van der Waals surface area (Å²) in [6, 6.07) is 114. The lowest BCUT2D eigenvalue weighted by Gasteiger charge is -2.35. The number of hydrogen-bond acceptors (Lipinski definition) is 4. The number of nitrogens with zero attached hydrogens (tertiary/aromatic N) is 2. The van der Waals surface area contributed by atoms with E-state index < -0.39 is 10.8 Å². The number of anilines is 6. The average molecular weight is 1240 g/mol. The van der Waals surface area contributed by atoms with Gasteiger partial charge >= 0.3 is 0 Å². The van der Waals surface area contributed by atoms with E-state index in [1.54, 1.807) is 24.3 Å². The largest absolute Gasteiger partial charge is 0.457 e. The van der Waals surface area contributed by atoms with E-state index in [4.69, 9.17) is 9.47 Å². The van der Waals surface area contributed by atoms with E-state index in [9.17, 15) is 0 Å². The predicted molar refractivity (Wildman–Crippen MR) is 384 cm³/mol. The second-order valence-corrected chi connectivity index (χ2v) is 25.6. The maximum absolute atomic E-state index is 15.1. The van der Waals surface area contributed by atoms with E-state index in [1.165, 1.54) is 22.3 Å². The number of halogens is 2. The standard InChI is InChI=1S/C90H62F2N2O2/c91-69-37-29-65(30-38-69)89(67-33-49-77(50-34-67)95-79-47-27-61-19-21-63(61)55-79)85-17-9-7-15-81(85)83-53-45-75(57-87(83)89)93(71-11-3-1-4-12-71)73-41-23-59(24-42-73)60-25-43-74(44-26-60)94(72-13-5-2-6-14-72)76-46-54-84-82-16-8-10-18-86(82)90(88(84)58-76,66-31-39-70(92)40-32-66)68-35-51-78(52-36-68)96-80-48-28-62-20-22-64(62)56-80/h1-18,23-58H,19-22H2. The van der Waals surface area contributed by atoms with Gasteiger partial charge in [0.2, 0.25) is 0 Å². The van der Waals surface area contributed by atoms with Gasteiger partial charge in [-0.15, -0.1) is 0 Å². The van der Waals surface area contributed by atoms with E-state index in [2.05, 4.69) is 289 Å². The Labute approximate surface area is 557 Å². The van der Waals surface area contributed by atoms with Crippen molar-refractivity contribution in [2.75, 3.05) is 9.80 Å². The summed E-state index contributed by atoms with van der Waals surface area (Å²) in [4.78, 5) is 4.65. The van der Waals surface area contributed by atoms with Gasteiger partial charge in [0, 0.05) is 34.1 Å². The summed E-state index contributed by atoms with van der Waals surface area (Å²) in [5.41, 5.74) is 25.1. The predicted octanol–water partition coefficient (Wildman–Crippen LogP) is 23.1. The zero-order chi connectivity index (χ0) is 63.9. The molecule has 0 heterocycles. The van der Waals surface area contributed by atoms with Gasteiger partial charge in [0.1, 0.15) is 34.6 Å². The first-order chi connectivity index (χ1) is 47.3. The van der Waals surface area contributed by atoms with Gasteiger partial charge < -0.3 is 19.3 Å². The lowest BCUT2D eigenvalue weighted by Crippen LogP contribution is -2.28. The Morgan fingerprint density at radius 3 is 0.917 bits per heavy atom. The number of fused-ring (bicyclic) bond motifs is 8. The zero-order valence-electron chi connectivity index (χ0n) is 52.5. The maximum Gasteiger partial charge on any atom is 0.127 e. The molecule has 0 amide bonds. The highest BCUT2D eigenvalue weighted by Crippen LogP contribution is 2.60. The average Bonchev–Trinajstić information content (AvgIpc) is 1.53. The molecule has 18 rings (SSSR count). The molecule has 0 saturated carbocycles. The van der Waals surface area contributed by atoms with Gasteiger partial charge in [-0.05, 0) is 271 Å². The van der Waals surface area contributed by atoms with Crippen molar-refractivity contribution in [1.82, 2.24) is 0 Å². The first-order valence-corrected chi connectivity index (χ1v) is 33.1. The molecule has 0 aromatic heterocycles. The molecule has 14 aromatic carbocycles. The maximum atomic E-state index is 15.1. The van der Waals surface area contributed by atoms with E-state index in [-0.39, 0.29) is 11.6 Å². The van der Waals surface area contributed by atoms with Crippen molar-refractivity contribution in [2.45, 2.75) is 36.5 Å². The number of aryl methyl sites for hydroxylation is 4. The molecule has 4 nitrogen and oxygen atoms in total. The molecule has 2 atom stereocenters. The monoisotopic (exact) mass is 1240 g/mol. The van der Waals surface area contributed by atoms with Crippen molar-refractivity contribution in [3.63, 3.8) is 0 Å². The Hall–Kier alpha value is -11.9. The van der Waals surface area contributed by atoms with Gasteiger partial charge in [-0.2, -0.15) is 0 Å². The zero-order valence-corrected chi connectivity index (χ0v) is 52.5. The third kappa shape index (κ3) is 9.38. The van der Waals surface area contributed by atoms with Crippen molar-refractivity contribution in [2.24, 2.45) is 0 Å². The molecule has 6 heteroatoms. The van der Waals surface area contributed by atoms with Crippen LogP contribution in [0.15, 0.2) is 328 Å².